The minimum absolute atomic E-state index is 0.0652. The Morgan fingerprint density at radius 1 is 1.16 bits per heavy atom. The second kappa shape index (κ2) is 8.05. The van der Waals surface area contributed by atoms with Crippen LogP contribution in [0.25, 0.3) is 0 Å². The summed E-state index contributed by atoms with van der Waals surface area (Å²) in [5.41, 5.74) is 4.24. The van der Waals surface area contributed by atoms with Crippen molar-refractivity contribution in [3.8, 4) is 17.2 Å². The third-order valence-electron chi connectivity index (χ3n) is 3.55. The number of anilines is 1. The van der Waals surface area contributed by atoms with Gasteiger partial charge in [0.05, 0.1) is 26.0 Å². The molecule has 0 saturated carbocycles. The largest absolute Gasteiger partial charge is 0.507 e. The van der Waals surface area contributed by atoms with E-state index in [9.17, 15) is 9.90 Å². The number of amides is 1. The van der Waals surface area contributed by atoms with E-state index in [4.69, 9.17) is 9.47 Å². The third-order valence-corrected chi connectivity index (χ3v) is 3.55. The quantitative estimate of drug-likeness (QED) is 0.621. The van der Waals surface area contributed by atoms with Gasteiger partial charge in [0.2, 0.25) is 0 Å². The molecule has 2 rings (SSSR count). The van der Waals surface area contributed by atoms with E-state index in [1.165, 1.54) is 26.5 Å². The van der Waals surface area contributed by atoms with Gasteiger partial charge >= 0.3 is 0 Å². The number of hydrazone groups is 1. The van der Waals surface area contributed by atoms with E-state index < -0.39 is 0 Å². The Kier molecular flexibility index (Phi) is 5.84. The number of carbonyl (C=O) groups is 1. The molecule has 25 heavy (non-hydrogen) atoms. The van der Waals surface area contributed by atoms with Crippen LogP contribution in [0, 0.1) is 0 Å². The number of benzene rings is 2. The number of aromatic hydroxyl groups is 1. The molecule has 2 aromatic rings. The van der Waals surface area contributed by atoms with Gasteiger partial charge in [-0.25, -0.2) is 5.43 Å². The minimum Gasteiger partial charge on any atom is -0.507 e. The first-order chi connectivity index (χ1) is 12.0. The van der Waals surface area contributed by atoms with Crippen LogP contribution >= 0.6 is 0 Å². The maximum Gasteiger partial charge on any atom is 0.271 e. The SMILES string of the molecule is COc1cc(O)c(/C=N/NC(=O)c2ccc(N(C)C)cc2)c(OC)c1. The predicted octanol–water partition coefficient (Wildman–Crippen LogP) is 2.24. The Labute approximate surface area is 146 Å². The van der Waals surface area contributed by atoms with Gasteiger partial charge in [0, 0.05) is 37.5 Å². The van der Waals surface area contributed by atoms with Gasteiger partial charge in [-0.1, -0.05) is 0 Å². The highest BCUT2D eigenvalue weighted by molar-refractivity contribution is 5.95. The van der Waals surface area contributed by atoms with Gasteiger partial charge in [-0.2, -0.15) is 5.10 Å². The van der Waals surface area contributed by atoms with Gasteiger partial charge in [-0.15, -0.1) is 0 Å². The van der Waals surface area contributed by atoms with Crippen molar-refractivity contribution in [1.29, 1.82) is 0 Å². The molecule has 2 N–H and O–H groups in total. The highest BCUT2D eigenvalue weighted by Crippen LogP contribution is 2.31. The summed E-state index contributed by atoms with van der Waals surface area (Å²) >= 11 is 0. The molecule has 0 aliphatic heterocycles. The number of ether oxygens (including phenoxy) is 2. The lowest BCUT2D eigenvalue weighted by Gasteiger charge is -2.12. The number of hydrogen-bond acceptors (Lipinski definition) is 6. The molecule has 7 heteroatoms. The van der Waals surface area contributed by atoms with E-state index in [0.717, 1.165) is 5.69 Å². The molecule has 0 fully saturated rings. The number of phenolic OH excluding ortho intramolecular Hbond substituents is 1. The van der Waals surface area contributed by atoms with Crippen LogP contribution in [-0.2, 0) is 0 Å². The molecule has 0 spiro atoms. The summed E-state index contributed by atoms with van der Waals surface area (Å²) in [6.45, 7) is 0. The lowest BCUT2D eigenvalue weighted by molar-refractivity contribution is 0.0955. The zero-order chi connectivity index (χ0) is 18.4. The molecule has 2 aromatic carbocycles. The average Bonchev–Trinajstić information content (AvgIpc) is 2.62. The molecule has 0 radical (unpaired) electrons. The number of hydrogen-bond donors (Lipinski definition) is 2. The molecule has 0 saturated heterocycles. The smallest absolute Gasteiger partial charge is 0.271 e. The number of carbonyl (C=O) groups excluding carboxylic acids is 1. The van der Waals surface area contributed by atoms with Crippen LogP contribution in [0.3, 0.4) is 0 Å². The maximum absolute atomic E-state index is 12.1. The Morgan fingerprint density at radius 2 is 1.84 bits per heavy atom. The van der Waals surface area contributed by atoms with Crippen molar-refractivity contribution in [3.05, 3.63) is 47.5 Å². The number of nitrogens with one attached hydrogen (secondary N) is 1. The first-order valence-corrected chi connectivity index (χ1v) is 7.52. The van der Waals surface area contributed by atoms with Crippen molar-refractivity contribution in [2.75, 3.05) is 33.2 Å². The van der Waals surface area contributed by atoms with Crippen LogP contribution in [0.2, 0.25) is 0 Å². The van der Waals surface area contributed by atoms with Crippen molar-refractivity contribution in [3.63, 3.8) is 0 Å². The van der Waals surface area contributed by atoms with Gasteiger partial charge in [-0.05, 0) is 24.3 Å². The summed E-state index contributed by atoms with van der Waals surface area (Å²) in [4.78, 5) is 14.0. The summed E-state index contributed by atoms with van der Waals surface area (Å²) in [5, 5.41) is 13.9. The Bertz CT molecular complexity index is 771. The second-order valence-corrected chi connectivity index (χ2v) is 5.40. The Hall–Kier alpha value is -3.22. The van der Waals surface area contributed by atoms with E-state index in [2.05, 4.69) is 10.5 Å². The fraction of sp³-hybridized carbons (Fsp3) is 0.222. The highest BCUT2D eigenvalue weighted by atomic mass is 16.5. The molecule has 0 aliphatic rings. The van der Waals surface area contributed by atoms with E-state index in [0.29, 0.717) is 22.6 Å². The molecule has 7 nitrogen and oxygen atoms in total. The number of nitrogens with zero attached hydrogens (tertiary/aromatic N) is 2. The van der Waals surface area contributed by atoms with Crippen molar-refractivity contribution in [2.45, 2.75) is 0 Å². The van der Waals surface area contributed by atoms with Crippen LogP contribution in [0.5, 0.6) is 17.2 Å². The molecular weight excluding hydrogens is 322 g/mol. The van der Waals surface area contributed by atoms with E-state index in [1.807, 2.05) is 31.1 Å². The first kappa shape index (κ1) is 18.1. The fourth-order valence-corrected chi connectivity index (χ4v) is 2.13. The minimum atomic E-state index is -0.353. The second-order valence-electron chi connectivity index (χ2n) is 5.40. The van der Waals surface area contributed by atoms with Crippen molar-refractivity contribution in [1.82, 2.24) is 5.43 Å². The zero-order valence-electron chi connectivity index (χ0n) is 14.6. The monoisotopic (exact) mass is 343 g/mol. The van der Waals surface area contributed by atoms with Crippen molar-refractivity contribution < 1.29 is 19.4 Å². The lowest BCUT2D eigenvalue weighted by Crippen LogP contribution is -2.18. The first-order valence-electron chi connectivity index (χ1n) is 7.52. The Morgan fingerprint density at radius 3 is 2.40 bits per heavy atom. The Balaban J connectivity index is 2.11. The topological polar surface area (TPSA) is 83.4 Å². The van der Waals surface area contributed by atoms with Gasteiger partial charge in [0.25, 0.3) is 5.91 Å². The summed E-state index contributed by atoms with van der Waals surface area (Å²) in [6.07, 6.45) is 1.32. The standard InChI is InChI=1S/C18H21N3O4/c1-21(2)13-7-5-12(6-8-13)18(23)20-19-11-15-16(22)9-14(24-3)10-17(15)25-4/h5-11,22H,1-4H3,(H,20,23)/b19-11+. The number of methoxy groups -OCH3 is 2. The van der Waals surface area contributed by atoms with E-state index in [1.54, 1.807) is 18.2 Å². The third kappa shape index (κ3) is 4.41. The van der Waals surface area contributed by atoms with E-state index >= 15 is 0 Å². The van der Waals surface area contributed by atoms with Crippen molar-refractivity contribution >= 4 is 17.8 Å². The van der Waals surface area contributed by atoms with Crippen molar-refractivity contribution in [2.24, 2.45) is 5.10 Å². The summed E-state index contributed by atoms with van der Waals surface area (Å²) in [5.74, 6) is 0.416. The van der Waals surface area contributed by atoms with Gasteiger partial charge in [0.15, 0.2) is 0 Å². The van der Waals surface area contributed by atoms with Crippen LogP contribution in [0.15, 0.2) is 41.5 Å². The summed E-state index contributed by atoms with van der Waals surface area (Å²) < 4.78 is 10.3. The molecule has 0 unspecified atom stereocenters. The molecule has 1 amide bonds. The molecule has 0 aliphatic carbocycles. The van der Waals surface area contributed by atoms with Crippen LogP contribution in [0.4, 0.5) is 5.69 Å². The number of phenols is 1. The highest BCUT2D eigenvalue weighted by Gasteiger charge is 2.10. The summed E-state index contributed by atoms with van der Waals surface area (Å²) in [7, 11) is 6.81. The van der Waals surface area contributed by atoms with Crippen LogP contribution < -0.4 is 19.8 Å². The molecular formula is C18H21N3O4. The lowest BCUT2D eigenvalue weighted by atomic mass is 10.2. The molecule has 0 atom stereocenters. The molecule has 0 bridgehead atoms. The molecule has 0 heterocycles. The molecule has 132 valence electrons. The van der Waals surface area contributed by atoms with Gasteiger partial charge < -0.3 is 19.5 Å². The van der Waals surface area contributed by atoms with Crippen LogP contribution in [0.1, 0.15) is 15.9 Å². The normalized spacial score (nSPS) is 10.6. The van der Waals surface area contributed by atoms with E-state index in [-0.39, 0.29) is 11.7 Å². The maximum atomic E-state index is 12.1. The van der Waals surface area contributed by atoms with Crippen LogP contribution in [-0.4, -0.2) is 45.5 Å². The average molecular weight is 343 g/mol. The molecule has 0 aromatic heterocycles. The fourth-order valence-electron chi connectivity index (χ4n) is 2.13. The predicted molar refractivity (Wildman–Crippen MR) is 97.0 cm³/mol. The van der Waals surface area contributed by atoms with Gasteiger partial charge in [0.1, 0.15) is 17.2 Å². The number of rotatable bonds is 6. The summed E-state index contributed by atoms with van der Waals surface area (Å²) in [6, 6.07) is 10.2. The van der Waals surface area contributed by atoms with Gasteiger partial charge in [-0.3, -0.25) is 4.79 Å². The zero-order valence-corrected chi connectivity index (χ0v) is 14.6.